The van der Waals surface area contributed by atoms with Gasteiger partial charge in [-0.05, 0) is 35.9 Å². The fraction of sp³-hybridized carbons (Fsp3) is 0.462. The highest BCUT2D eigenvalue weighted by Crippen LogP contribution is 2.25. The predicted octanol–water partition coefficient (Wildman–Crippen LogP) is 3.94. The normalized spacial score (nSPS) is 12.2. The summed E-state index contributed by atoms with van der Waals surface area (Å²) in [6.45, 7) is 4.68. The van der Waals surface area contributed by atoms with Crippen molar-refractivity contribution in [3.8, 4) is 6.01 Å². The molecule has 1 N–H and O–H groups in total. The lowest BCUT2D eigenvalue weighted by molar-refractivity contribution is 0.291. The second-order valence-corrected chi connectivity index (χ2v) is 5.50. The van der Waals surface area contributed by atoms with Crippen molar-refractivity contribution in [1.29, 1.82) is 0 Å². The molecule has 0 bridgehead atoms. The molecule has 0 aliphatic heterocycles. The first kappa shape index (κ1) is 15.0. The molecule has 2 rings (SSSR count). The first-order valence-electron chi connectivity index (χ1n) is 6.57. The minimum Gasteiger partial charge on any atom is -0.463 e. The molecular formula is C13H17ClN4OS. The summed E-state index contributed by atoms with van der Waals surface area (Å²) in [5.41, 5.74) is 0. The number of ether oxygens (including phenoxy) is 1. The average Bonchev–Trinajstić information content (AvgIpc) is 2.96. The van der Waals surface area contributed by atoms with Crippen LogP contribution in [0, 0.1) is 0 Å². The lowest BCUT2D eigenvalue weighted by Crippen LogP contribution is -2.12. The van der Waals surface area contributed by atoms with Crippen molar-refractivity contribution >= 4 is 28.9 Å². The number of hydrogen-bond acceptors (Lipinski definition) is 6. The van der Waals surface area contributed by atoms with E-state index in [4.69, 9.17) is 16.3 Å². The summed E-state index contributed by atoms with van der Waals surface area (Å²) < 4.78 is 5.40. The molecule has 20 heavy (non-hydrogen) atoms. The van der Waals surface area contributed by atoms with Crippen LogP contribution in [-0.2, 0) is 0 Å². The van der Waals surface area contributed by atoms with E-state index in [0.29, 0.717) is 12.6 Å². The van der Waals surface area contributed by atoms with Crippen LogP contribution in [0.15, 0.2) is 17.5 Å². The molecule has 0 fully saturated rings. The molecule has 2 aromatic heterocycles. The molecule has 0 spiro atoms. The molecule has 0 aliphatic rings. The number of anilines is 1. The van der Waals surface area contributed by atoms with E-state index in [9.17, 15) is 0 Å². The number of nitrogens with one attached hydrogen (secondary N) is 1. The Bertz CT molecular complexity index is 535. The minimum absolute atomic E-state index is 0.134. The summed E-state index contributed by atoms with van der Waals surface area (Å²) >= 11 is 7.60. The highest BCUT2D eigenvalue weighted by Gasteiger charge is 2.13. The van der Waals surface area contributed by atoms with Gasteiger partial charge in [-0.2, -0.15) is 15.0 Å². The van der Waals surface area contributed by atoms with E-state index in [1.165, 1.54) is 4.88 Å². The van der Waals surface area contributed by atoms with Gasteiger partial charge in [0.15, 0.2) is 0 Å². The Morgan fingerprint density at radius 1 is 1.35 bits per heavy atom. The summed E-state index contributed by atoms with van der Waals surface area (Å²) in [6, 6.07) is 4.53. The van der Waals surface area contributed by atoms with Crippen LogP contribution < -0.4 is 10.1 Å². The molecule has 7 heteroatoms. The molecule has 2 heterocycles. The third-order valence-corrected chi connectivity index (χ3v) is 3.78. The maximum absolute atomic E-state index is 5.90. The molecule has 1 atom stereocenters. The Hall–Kier alpha value is -1.40. The Labute approximate surface area is 127 Å². The van der Waals surface area contributed by atoms with Crippen molar-refractivity contribution in [2.24, 2.45) is 0 Å². The van der Waals surface area contributed by atoms with Gasteiger partial charge in [0.05, 0.1) is 12.6 Å². The predicted molar refractivity (Wildman–Crippen MR) is 81.6 cm³/mol. The number of hydrogen-bond donors (Lipinski definition) is 1. The smallest absolute Gasteiger partial charge is 0.322 e. The van der Waals surface area contributed by atoms with Crippen LogP contribution in [0.25, 0.3) is 0 Å². The molecule has 1 unspecified atom stereocenters. The Morgan fingerprint density at radius 2 is 2.20 bits per heavy atom. The van der Waals surface area contributed by atoms with E-state index < -0.39 is 0 Å². The maximum atomic E-state index is 5.90. The molecule has 0 aromatic carbocycles. The fourth-order valence-electron chi connectivity index (χ4n) is 1.67. The molecule has 108 valence electrons. The van der Waals surface area contributed by atoms with Crippen molar-refractivity contribution in [1.82, 2.24) is 15.0 Å². The number of halogens is 1. The quantitative estimate of drug-likeness (QED) is 0.839. The lowest BCUT2D eigenvalue weighted by Gasteiger charge is -2.15. The molecule has 2 aromatic rings. The second kappa shape index (κ2) is 7.40. The van der Waals surface area contributed by atoms with Crippen LogP contribution in [0.4, 0.5) is 5.95 Å². The zero-order chi connectivity index (χ0) is 14.4. The molecule has 0 saturated heterocycles. The van der Waals surface area contributed by atoms with Gasteiger partial charge in [0.2, 0.25) is 11.2 Å². The van der Waals surface area contributed by atoms with Crippen molar-refractivity contribution in [3.05, 3.63) is 27.7 Å². The van der Waals surface area contributed by atoms with Gasteiger partial charge in [0.25, 0.3) is 0 Å². The zero-order valence-corrected chi connectivity index (χ0v) is 13.0. The van der Waals surface area contributed by atoms with Crippen LogP contribution in [0.5, 0.6) is 6.01 Å². The SMILES string of the molecule is CCCOc1nc(Cl)nc(NC(CC)c2cccs2)n1. The minimum atomic E-state index is 0.134. The second-order valence-electron chi connectivity index (χ2n) is 4.18. The van der Waals surface area contributed by atoms with Crippen LogP contribution in [0.3, 0.4) is 0 Å². The average molecular weight is 313 g/mol. The lowest BCUT2D eigenvalue weighted by atomic mass is 10.2. The Balaban J connectivity index is 2.13. The van der Waals surface area contributed by atoms with Gasteiger partial charge in [-0.15, -0.1) is 11.3 Å². The van der Waals surface area contributed by atoms with Crippen LogP contribution in [0.1, 0.15) is 37.6 Å². The summed E-state index contributed by atoms with van der Waals surface area (Å²) in [5.74, 6) is 0.441. The zero-order valence-electron chi connectivity index (χ0n) is 11.5. The molecule has 0 saturated carbocycles. The van der Waals surface area contributed by atoms with Crippen molar-refractivity contribution < 1.29 is 4.74 Å². The summed E-state index contributed by atoms with van der Waals surface area (Å²) in [6.07, 6.45) is 1.81. The van der Waals surface area contributed by atoms with E-state index in [1.807, 2.05) is 13.0 Å². The van der Waals surface area contributed by atoms with Gasteiger partial charge in [0.1, 0.15) is 0 Å². The van der Waals surface area contributed by atoms with E-state index >= 15 is 0 Å². The van der Waals surface area contributed by atoms with Gasteiger partial charge in [0, 0.05) is 4.88 Å². The van der Waals surface area contributed by atoms with Crippen LogP contribution in [-0.4, -0.2) is 21.6 Å². The third kappa shape index (κ3) is 4.05. The van der Waals surface area contributed by atoms with Crippen molar-refractivity contribution in [2.45, 2.75) is 32.7 Å². The Kier molecular flexibility index (Phi) is 5.55. The van der Waals surface area contributed by atoms with Gasteiger partial charge >= 0.3 is 6.01 Å². The van der Waals surface area contributed by atoms with Crippen molar-refractivity contribution in [3.63, 3.8) is 0 Å². The van der Waals surface area contributed by atoms with E-state index in [0.717, 1.165) is 12.8 Å². The fourth-order valence-corrected chi connectivity index (χ4v) is 2.69. The van der Waals surface area contributed by atoms with E-state index in [-0.39, 0.29) is 17.3 Å². The maximum Gasteiger partial charge on any atom is 0.322 e. The highest BCUT2D eigenvalue weighted by atomic mass is 35.5. The molecular weight excluding hydrogens is 296 g/mol. The van der Waals surface area contributed by atoms with Crippen molar-refractivity contribution in [2.75, 3.05) is 11.9 Å². The van der Waals surface area contributed by atoms with Crippen LogP contribution >= 0.6 is 22.9 Å². The van der Waals surface area contributed by atoms with Gasteiger partial charge in [-0.25, -0.2) is 0 Å². The molecule has 0 radical (unpaired) electrons. The van der Waals surface area contributed by atoms with Gasteiger partial charge < -0.3 is 10.1 Å². The number of nitrogens with zero attached hydrogens (tertiary/aromatic N) is 3. The first-order chi connectivity index (χ1) is 9.72. The number of thiophene rings is 1. The first-order valence-corrected chi connectivity index (χ1v) is 7.83. The highest BCUT2D eigenvalue weighted by molar-refractivity contribution is 7.10. The standard InChI is InChI=1S/C13H17ClN4OS/c1-3-7-19-13-17-11(14)16-12(18-13)15-9(4-2)10-6-5-8-20-10/h5-6,8-9H,3-4,7H2,1-2H3,(H,15,16,17,18). The van der Waals surface area contributed by atoms with Gasteiger partial charge in [-0.3, -0.25) is 0 Å². The molecule has 0 aliphatic carbocycles. The number of rotatable bonds is 7. The summed E-state index contributed by atoms with van der Waals surface area (Å²) in [5, 5.41) is 5.46. The topological polar surface area (TPSA) is 59.9 Å². The monoisotopic (exact) mass is 312 g/mol. The largest absolute Gasteiger partial charge is 0.463 e. The molecule has 5 nitrogen and oxygen atoms in total. The summed E-state index contributed by atoms with van der Waals surface area (Å²) in [4.78, 5) is 13.5. The number of aromatic nitrogens is 3. The molecule has 0 amide bonds. The Morgan fingerprint density at radius 3 is 2.85 bits per heavy atom. The third-order valence-electron chi connectivity index (χ3n) is 2.62. The van der Waals surface area contributed by atoms with Gasteiger partial charge in [-0.1, -0.05) is 19.9 Å². The summed E-state index contributed by atoms with van der Waals surface area (Å²) in [7, 11) is 0. The van der Waals surface area contributed by atoms with E-state index in [2.05, 4.69) is 38.6 Å². The van der Waals surface area contributed by atoms with Crippen LogP contribution in [0.2, 0.25) is 5.28 Å². The van der Waals surface area contributed by atoms with E-state index in [1.54, 1.807) is 11.3 Å².